The Hall–Kier alpha value is -1.74. The van der Waals surface area contributed by atoms with Gasteiger partial charge in [-0.3, -0.25) is 4.79 Å². The Morgan fingerprint density at radius 1 is 1.47 bits per heavy atom. The van der Waals surface area contributed by atoms with Gasteiger partial charge in [-0.15, -0.1) is 6.42 Å². The lowest BCUT2D eigenvalue weighted by Crippen LogP contribution is -2.49. The number of nitrogens with one attached hydrogen (secondary N) is 2. The lowest BCUT2D eigenvalue weighted by Gasteiger charge is -2.27. The van der Waals surface area contributed by atoms with Crippen LogP contribution in [-0.4, -0.2) is 54.2 Å². The third-order valence-electron chi connectivity index (χ3n) is 2.56. The number of carboxylic acids is 1. The molecule has 94 valence electrons. The van der Waals surface area contributed by atoms with Gasteiger partial charge in [-0.05, 0) is 25.9 Å². The number of terminal acetylenes is 1. The molecule has 3 N–H and O–H groups in total. The first-order valence-electron chi connectivity index (χ1n) is 5.55. The van der Waals surface area contributed by atoms with E-state index < -0.39 is 12.0 Å². The van der Waals surface area contributed by atoms with Crippen LogP contribution >= 0.6 is 0 Å². The van der Waals surface area contributed by atoms with E-state index in [1.165, 1.54) is 0 Å². The van der Waals surface area contributed by atoms with Gasteiger partial charge >= 0.3 is 12.0 Å². The van der Waals surface area contributed by atoms with Crippen molar-refractivity contribution in [2.45, 2.75) is 18.9 Å². The van der Waals surface area contributed by atoms with Gasteiger partial charge in [0.2, 0.25) is 0 Å². The van der Waals surface area contributed by atoms with E-state index in [4.69, 9.17) is 11.5 Å². The van der Waals surface area contributed by atoms with Crippen LogP contribution in [0.25, 0.3) is 0 Å². The maximum atomic E-state index is 11.8. The Morgan fingerprint density at radius 2 is 2.12 bits per heavy atom. The van der Waals surface area contributed by atoms with Crippen molar-refractivity contribution in [3.05, 3.63) is 0 Å². The molecule has 0 radical (unpaired) electrons. The molecule has 0 aromatic rings. The molecule has 0 bridgehead atoms. The normalized spacial score (nSPS) is 15.9. The first-order chi connectivity index (χ1) is 8.13. The summed E-state index contributed by atoms with van der Waals surface area (Å²) in [6.07, 6.45) is 6.80. The van der Waals surface area contributed by atoms with Gasteiger partial charge in [-0.1, -0.05) is 5.92 Å². The number of nitrogens with zero attached hydrogens (tertiary/aromatic N) is 1. The van der Waals surface area contributed by atoms with Gasteiger partial charge in [-0.2, -0.15) is 0 Å². The highest BCUT2D eigenvalue weighted by Crippen LogP contribution is 2.03. The largest absolute Gasteiger partial charge is 0.480 e. The summed E-state index contributed by atoms with van der Waals surface area (Å²) in [5.74, 6) is 1.21. The second-order valence-corrected chi connectivity index (χ2v) is 3.93. The maximum absolute atomic E-state index is 11.8. The third-order valence-corrected chi connectivity index (χ3v) is 2.56. The Bertz CT molecular complexity index is 318. The number of amides is 2. The lowest BCUT2D eigenvalue weighted by molar-refractivity contribution is -0.137. The van der Waals surface area contributed by atoms with Crippen molar-refractivity contribution in [1.82, 2.24) is 15.5 Å². The number of piperidine rings is 1. The Labute approximate surface area is 100 Å². The van der Waals surface area contributed by atoms with Crippen molar-refractivity contribution >= 4 is 12.0 Å². The molecule has 0 aromatic carbocycles. The van der Waals surface area contributed by atoms with Crippen molar-refractivity contribution in [3.8, 4) is 12.3 Å². The topological polar surface area (TPSA) is 81.7 Å². The number of urea groups is 1. The fourth-order valence-corrected chi connectivity index (χ4v) is 1.71. The molecule has 1 heterocycles. The van der Waals surface area contributed by atoms with Crippen LogP contribution in [0.5, 0.6) is 0 Å². The molecule has 0 spiro atoms. The van der Waals surface area contributed by atoms with Gasteiger partial charge in [0.1, 0.15) is 6.54 Å². The molecule has 2 amide bonds. The maximum Gasteiger partial charge on any atom is 0.323 e. The van der Waals surface area contributed by atoms with Gasteiger partial charge in [0.25, 0.3) is 0 Å². The van der Waals surface area contributed by atoms with Crippen molar-refractivity contribution in [2.75, 3.05) is 26.2 Å². The minimum Gasteiger partial charge on any atom is -0.480 e. The summed E-state index contributed by atoms with van der Waals surface area (Å²) in [7, 11) is 0. The minimum absolute atomic E-state index is 0.00308. The van der Waals surface area contributed by atoms with Crippen LogP contribution in [-0.2, 0) is 4.79 Å². The van der Waals surface area contributed by atoms with E-state index >= 15 is 0 Å². The summed E-state index contributed by atoms with van der Waals surface area (Å²) < 4.78 is 0. The van der Waals surface area contributed by atoms with Crippen LogP contribution in [0.4, 0.5) is 4.79 Å². The van der Waals surface area contributed by atoms with Crippen LogP contribution in [0, 0.1) is 12.3 Å². The molecular formula is C11H17N3O3. The highest BCUT2D eigenvalue weighted by molar-refractivity contribution is 5.80. The zero-order valence-corrected chi connectivity index (χ0v) is 9.61. The second kappa shape index (κ2) is 6.76. The molecular weight excluding hydrogens is 222 g/mol. The average molecular weight is 239 g/mol. The standard InChI is InChI=1S/C11H17N3O3/c1-2-7-14(8-10(15)16)11(17)13-9-3-5-12-6-4-9/h1,9,12H,3-8H2,(H,13,17)(H,15,16). The molecule has 0 saturated carbocycles. The Morgan fingerprint density at radius 3 is 2.65 bits per heavy atom. The fourth-order valence-electron chi connectivity index (χ4n) is 1.71. The Balaban J connectivity index is 2.46. The molecule has 17 heavy (non-hydrogen) atoms. The first kappa shape index (κ1) is 13.3. The number of aliphatic carboxylic acids is 1. The third kappa shape index (κ3) is 4.74. The summed E-state index contributed by atoms with van der Waals surface area (Å²) in [5.41, 5.74) is 0. The van der Waals surface area contributed by atoms with E-state index in [-0.39, 0.29) is 19.1 Å². The molecule has 6 heteroatoms. The van der Waals surface area contributed by atoms with Gasteiger partial charge in [0.05, 0.1) is 6.54 Å². The highest BCUT2D eigenvalue weighted by Gasteiger charge is 2.20. The summed E-state index contributed by atoms with van der Waals surface area (Å²) in [4.78, 5) is 23.5. The second-order valence-electron chi connectivity index (χ2n) is 3.93. The average Bonchev–Trinajstić information content (AvgIpc) is 2.29. The van der Waals surface area contributed by atoms with Gasteiger partial charge in [-0.25, -0.2) is 4.79 Å². The summed E-state index contributed by atoms with van der Waals surface area (Å²) >= 11 is 0. The molecule has 0 unspecified atom stereocenters. The molecule has 0 atom stereocenters. The van der Waals surface area contributed by atoms with Crippen molar-refractivity contribution < 1.29 is 14.7 Å². The van der Waals surface area contributed by atoms with Crippen molar-refractivity contribution in [2.24, 2.45) is 0 Å². The number of carbonyl (C=O) groups is 2. The lowest BCUT2D eigenvalue weighted by atomic mass is 10.1. The SMILES string of the molecule is C#CCN(CC(=O)O)C(=O)NC1CCNCC1. The van der Waals surface area contributed by atoms with Crippen LogP contribution in [0.2, 0.25) is 0 Å². The Kier molecular flexibility index (Phi) is 5.30. The van der Waals surface area contributed by atoms with Crippen LogP contribution < -0.4 is 10.6 Å². The number of carboxylic acid groups (broad SMARTS) is 1. The number of rotatable bonds is 4. The summed E-state index contributed by atoms with van der Waals surface area (Å²) in [6, 6.07) is -0.310. The first-order valence-corrected chi connectivity index (χ1v) is 5.55. The smallest absolute Gasteiger partial charge is 0.323 e. The summed E-state index contributed by atoms with van der Waals surface area (Å²) in [5, 5.41) is 14.6. The predicted molar refractivity (Wildman–Crippen MR) is 62.5 cm³/mol. The number of hydrogen-bond donors (Lipinski definition) is 3. The number of carbonyl (C=O) groups excluding carboxylic acids is 1. The van der Waals surface area contributed by atoms with E-state index in [9.17, 15) is 9.59 Å². The van der Waals surface area contributed by atoms with E-state index in [0.29, 0.717) is 0 Å². The van der Waals surface area contributed by atoms with E-state index in [0.717, 1.165) is 30.8 Å². The van der Waals surface area contributed by atoms with Crippen LogP contribution in [0.3, 0.4) is 0 Å². The van der Waals surface area contributed by atoms with E-state index in [1.807, 2.05) is 0 Å². The predicted octanol–water partition coefficient (Wildman–Crippen LogP) is -0.532. The van der Waals surface area contributed by atoms with Crippen molar-refractivity contribution in [3.63, 3.8) is 0 Å². The van der Waals surface area contributed by atoms with Gasteiger partial charge in [0, 0.05) is 6.04 Å². The molecule has 6 nitrogen and oxygen atoms in total. The highest BCUT2D eigenvalue weighted by atomic mass is 16.4. The van der Waals surface area contributed by atoms with E-state index in [2.05, 4.69) is 16.6 Å². The zero-order chi connectivity index (χ0) is 12.7. The molecule has 0 aliphatic carbocycles. The molecule has 1 saturated heterocycles. The summed E-state index contributed by atoms with van der Waals surface area (Å²) in [6.45, 7) is 1.35. The molecule has 1 fully saturated rings. The molecule has 1 aliphatic rings. The quantitative estimate of drug-likeness (QED) is 0.576. The molecule has 1 aliphatic heterocycles. The minimum atomic E-state index is -1.07. The van der Waals surface area contributed by atoms with Crippen LogP contribution in [0.15, 0.2) is 0 Å². The number of hydrogen-bond acceptors (Lipinski definition) is 3. The van der Waals surface area contributed by atoms with Gasteiger partial charge < -0.3 is 20.6 Å². The fraction of sp³-hybridized carbons (Fsp3) is 0.636. The molecule has 0 aromatic heterocycles. The molecule has 1 rings (SSSR count). The van der Waals surface area contributed by atoms with Gasteiger partial charge in [0.15, 0.2) is 0 Å². The van der Waals surface area contributed by atoms with Crippen molar-refractivity contribution in [1.29, 1.82) is 0 Å². The van der Waals surface area contributed by atoms with Crippen LogP contribution in [0.1, 0.15) is 12.8 Å². The zero-order valence-electron chi connectivity index (χ0n) is 9.61. The monoisotopic (exact) mass is 239 g/mol. The van der Waals surface area contributed by atoms with E-state index in [1.54, 1.807) is 0 Å².